The minimum Gasteiger partial charge on any atom is -0.396 e. The number of aryl methyl sites for hydroxylation is 3. The Morgan fingerprint density at radius 3 is 2.37 bits per heavy atom. The van der Waals surface area contributed by atoms with Crippen LogP contribution >= 0.6 is 0 Å². The van der Waals surface area contributed by atoms with Crippen LogP contribution in [0.2, 0.25) is 0 Å². The molecular formula is C16H21N3. The van der Waals surface area contributed by atoms with E-state index in [0.29, 0.717) is 5.69 Å². The van der Waals surface area contributed by atoms with E-state index in [2.05, 4.69) is 49.8 Å². The van der Waals surface area contributed by atoms with Crippen molar-refractivity contribution < 1.29 is 0 Å². The normalized spacial score (nSPS) is 10.5. The fraction of sp³-hybridized carbons (Fsp3) is 0.312. The number of aromatic nitrogens is 1. The van der Waals surface area contributed by atoms with E-state index in [1.54, 1.807) is 12.4 Å². The summed E-state index contributed by atoms with van der Waals surface area (Å²) in [5, 5.41) is 0. The standard InChI is InChI=1S/C16H21N3/c1-11-7-12(2)14(13(3)8-11)10-19(4)16-5-6-18-9-15(16)17/h5-9H,10,17H2,1-4H3. The Hall–Kier alpha value is -2.03. The second-order valence-corrected chi connectivity index (χ2v) is 5.17. The summed E-state index contributed by atoms with van der Waals surface area (Å²) < 4.78 is 0. The monoisotopic (exact) mass is 255 g/mol. The van der Waals surface area contributed by atoms with Crippen molar-refractivity contribution in [3.8, 4) is 0 Å². The van der Waals surface area contributed by atoms with Crippen LogP contribution < -0.4 is 10.6 Å². The van der Waals surface area contributed by atoms with Crippen LogP contribution in [0.4, 0.5) is 11.4 Å². The van der Waals surface area contributed by atoms with Gasteiger partial charge in [-0.3, -0.25) is 4.98 Å². The Morgan fingerprint density at radius 2 is 1.79 bits per heavy atom. The third-order valence-electron chi connectivity index (χ3n) is 3.47. The maximum absolute atomic E-state index is 5.97. The van der Waals surface area contributed by atoms with Crippen LogP contribution in [0.1, 0.15) is 22.3 Å². The first-order valence-corrected chi connectivity index (χ1v) is 6.46. The van der Waals surface area contributed by atoms with Crippen molar-refractivity contribution >= 4 is 11.4 Å². The fourth-order valence-electron chi connectivity index (χ4n) is 2.53. The number of hydrogen-bond acceptors (Lipinski definition) is 3. The van der Waals surface area contributed by atoms with Gasteiger partial charge >= 0.3 is 0 Å². The Labute approximate surface area is 115 Å². The van der Waals surface area contributed by atoms with Crippen molar-refractivity contribution in [1.82, 2.24) is 4.98 Å². The first kappa shape index (κ1) is 13.4. The Balaban J connectivity index is 2.29. The number of pyridine rings is 1. The van der Waals surface area contributed by atoms with Crippen LogP contribution in [0.15, 0.2) is 30.6 Å². The molecule has 0 spiro atoms. The van der Waals surface area contributed by atoms with Crippen molar-refractivity contribution in [1.29, 1.82) is 0 Å². The van der Waals surface area contributed by atoms with Crippen LogP contribution in [0.5, 0.6) is 0 Å². The Bertz CT molecular complexity index is 567. The maximum Gasteiger partial charge on any atom is 0.0738 e. The number of hydrogen-bond donors (Lipinski definition) is 1. The van der Waals surface area contributed by atoms with Crippen molar-refractivity contribution in [3.63, 3.8) is 0 Å². The van der Waals surface area contributed by atoms with Crippen molar-refractivity contribution in [2.45, 2.75) is 27.3 Å². The molecule has 2 N–H and O–H groups in total. The molecule has 0 saturated heterocycles. The van der Waals surface area contributed by atoms with Gasteiger partial charge in [-0.2, -0.15) is 0 Å². The molecule has 0 aliphatic carbocycles. The first-order chi connectivity index (χ1) is 8.99. The molecule has 0 fully saturated rings. The van der Waals surface area contributed by atoms with Crippen LogP contribution in [0.3, 0.4) is 0 Å². The van der Waals surface area contributed by atoms with Gasteiger partial charge in [0.2, 0.25) is 0 Å². The first-order valence-electron chi connectivity index (χ1n) is 6.46. The zero-order chi connectivity index (χ0) is 14.0. The highest BCUT2D eigenvalue weighted by Gasteiger charge is 2.09. The van der Waals surface area contributed by atoms with Crippen LogP contribution in [0, 0.1) is 20.8 Å². The molecule has 2 rings (SSSR count). The molecule has 0 unspecified atom stereocenters. The van der Waals surface area contributed by atoms with Crippen LogP contribution in [-0.2, 0) is 6.54 Å². The predicted molar refractivity (Wildman–Crippen MR) is 81.4 cm³/mol. The fourth-order valence-corrected chi connectivity index (χ4v) is 2.53. The lowest BCUT2D eigenvalue weighted by Crippen LogP contribution is -2.19. The van der Waals surface area contributed by atoms with Gasteiger partial charge < -0.3 is 10.6 Å². The minimum atomic E-state index is 0.715. The summed E-state index contributed by atoms with van der Waals surface area (Å²) in [5.41, 5.74) is 13.0. The van der Waals surface area contributed by atoms with E-state index in [9.17, 15) is 0 Å². The van der Waals surface area contributed by atoms with Gasteiger partial charge in [-0.1, -0.05) is 17.7 Å². The van der Waals surface area contributed by atoms with E-state index in [1.807, 2.05) is 6.07 Å². The zero-order valence-corrected chi connectivity index (χ0v) is 12.1. The molecule has 0 saturated carbocycles. The number of nitrogen functional groups attached to an aromatic ring is 1. The summed E-state index contributed by atoms with van der Waals surface area (Å²) in [7, 11) is 2.06. The zero-order valence-electron chi connectivity index (χ0n) is 12.1. The molecule has 0 aliphatic heterocycles. The molecule has 19 heavy (non-hydrogen) atoms. The van der Waals surface area contributed by atoms with Gasteiger partial charge in [0.1, 0.15) is 0 Å². The van der Waals surface area contributed by atoms with Gasteiger partial charge in [-0.05, 0) is 43.5 Å². The SMILES string of the molecule is Cc1cc(C)c(CN(C)c2ccncc2N)c(C)c1. The molecule has 3 nitrogen and oxygen atoms in total. The quantitative estimate of drug-likeness (QED) is 0.915. The van der Waals surface area contributed by atoms with Crippen molar-refractivity contribution in [2.24, 2.45) is 0 Å². The molecule has 3 heteroatoms. The summed E-state index contributed by atoms with van der Waals surface area (Å²) in [6.07, 6.45) is 3.47. The third-order valence-corrected chi connectivity index (χ3v) is 3.47. The molecule has 1 heterocycles. The molecule has 1 aromatic heterocycles. The lowest BCUT2D eigenvalue weighted by Gasteiger charge is -2.23. The number of nitrogens with zero attached hydrogens (tertiary/aromatic N) is 2. The molecule has 0 atom stereocenters. The van der Waals surface area contributed by atoms with Gasteiger partial charge in [0, 0.05) is 19.8 Å². The molecule has 2 aromatic rings. The van der Waals surface area contributed by atoms with Gasteiger partial charge in [-0.15, -0.1) is 0 Å². The van der Waals surface area contributed by atoms with Gasteiger partial charge in [-0.25, -0.2) is 0 Å². The molecular weight excluding hydrogens is 234 g/mol. The summed E-state index contributed by atoms with van der Waals surface area (Å²) in [4.78, 5) is 6.20. The summed E-state index contributed by atoms with van der Waals surface area (Å²) in [6, 6.07) is 6.41. The summed E-state index contributed by atoms with van der Waals surface area (Å²) in [5.74, 6) is 0. The van der Waals surface area contributed by atoms with Crippen molar-refractivity contribution in [2.75, 3.05) is 17.7 Å². The average Bonchev–Trinajstić information content (AvgIpc) is 2.34. The van der Waals surface area contributed by atoms with Crippen LogP contribution in [0.25, 0.3) is 0 Å². The van der Waals surface area contributed by atoms with E-state index in [0.717, 1.165) is 12.2 Å². The van der Waals surface area contributed by atoms with Gasteiger partial charge in [0.05, 0.1) is 17.6 Å². The van der Waals surface area contributed by atoms with E-state index in [1.165, 1.54) is 22.3 Å². The van der Waals surface area contributed by atoms with Crippen molar-refractivity contribution in [3.05, 3.63) is 52.8 Å². The molecule has 1 aromatic carbocycles. The van der Waals surface area contributed by atoms with Gasteiger partial charge in [0.25, 0.3) is 0 Å². The predicted octanol–water partition coefficient (Wildman–Crippen LogP) is 3.23. The molecule has 0 bridgehead atoms. The van der Waals surface area contributed by atoms with E-state index < -0.39 is 0 Å². The van der Waals surface area contributed by atoms with E-state index in [4.69, 9.17) is 5.73 Å². The summed E-state index contributed by atoms with van der Waals surface area (Å²) >= 11 is 0. The molecule has 0 amide bonds. The van der Waals surface area contributed by atoms with E-state index >= 15 is 0 Å². The summed E-state index contributed by atoms with van der Waals surface area (Å²) in [6.45, 7) is 7.32. The maximum atomic E-state index is 5.97. The number of anilines is 2. The second kappa shape index (κ2) is 5.31. The molecule has 0 aliphatic rings. The Kier molecular flexibility index (Phi) is 3.74. The lowest BCUT2D eigenvalue weighted by molar-refractivity contribution is 0.903. The highest BCUT2D eigenvalue weighted by Crippen LogP contribution is 2.24. The number of nitrogens with two attached hydrogens (primary N) is 1. The van der Waals surface area contributed by atoms with E-state index in [-0.39, 0.29) is 0 Å². The topological polar surface area (TPSA) is 42.2 Å². The number of benzene rings is 1. The minimum absolute atomic E-state index is 0.715. The van der Waals surface area contributed by atoms with Crippen LogP contribution in [-0.4, -0.2) is 12.0 Å². The molecule has 100 valence electrons. The third kappa shape index (κ3) is 2.87. The second-order valence-electron chi connectivity index (χ2n) is 5.17. The smallest absolute Gasteiger partial charge is 0.0738 e. The lowest BCUT2D eigenvalue weighted by atomic mass is 9.99. The highest BCUT2D eigenvalue weighted by atomic mass is 15.1. The number of rotatable bonds is 3. The molecule has 0 radical (unpaired) electrons. The largest absolute Gasteiger partial charge is 0.396 e. The van der Waals surface area contributed by atoms with Gasteiger partial charge in [0.15, 0.2) is 0 Å². The highest BCUT2D eigenvalue weighted by molar-refractivity contribution is 5.65. The average molecular weight is 255 g/mol. The Morgan fingerprint density at radius 1 is 1.16 bits per heavy atom.